The Bertz CT molecular complexity index is 1490. The molecule has 2 aromatic heterocycles. The number of hydrogen-bond donors (Lipinski definition) is 0. The first-order valence-electron chi connectivity index (χ1n) is 10.5. The maximum atomic E-state index is 13.4. The molecule has 0 unspecified atom stereocenters. The summed E-state index contributed by atoms with van der Waals surface area (Å²) in [6.07, 6.45) is 0. The number of rotatable bonds is 5. The number of aryl methyl sites for hydroxylation is 1. The summed E-state index contributed by atoms with van der Waals surface area (Å²) in [5, 5.41) is 0.888. The van der Waals surface area contributed by atoms with Gasteiger partial charge in [0.2, 0.25) is 5.95 Å². The van der Waals surface area contributed by atoms with Crippen LogP contribution in [0.5, 0.6) is 5.75 Å². The Morgan fingerprint density at radius 3 is 2.52 bits per heavy atom. The van der Waals surface area contributed by atoms with E-state index in [-0.39, 0.29) is 6.54 Å². The highest BCUT2D eigenvalue weighted by atomic mass is 35.5. The van der Waals surface area contributed by atoms with E-state index in [1.165, 1.54) is 9.13 Å². The van der Waals surface area contributed by atoms with E-state index in [2.05, 4.69) is 4.98 Å². The van der Waals surface area contributed by atoms with Gasteiger partial charge in [-0.2, -0.15) is 4.98 Å². The Kier molecular flexibility index (Phi) is 5.42. The van der Waals surface area contributed by atoms with Crippen molar-refractivity contribution in [1.29, 1.82) is 0 Å². The number of benzene rings is 2. The van der Waals surface area contributed by atoms with Gasteiger partial charge >= 0.3 is 5.69 Å². The van der Waals surface area contributed by atoms with Gasteiger partial charge in [-0.3, -0.25) is 13.9 Å². The summed E-state index contributed by atoms with van der Waals surface area (Å²) in [6.45, 7) is 3.82. The first-order valence-corrected chi connectivity index (χ1v) is 11.3. The maximum absolute atomic E-state index is 13.4. The molecule has 3 heterocycles. The zero-order chi connectivity index (χ0) is 23.3. The minimum atomic E-state index is -0.456. The van der Waals surface area contributed by atoms with Crippen LogP contribution < -0.4 is 20.9 Å². The van der Waals surface area contributed by atoms with Crippen molar-refractivity contribution in [2.75, 3.05) is 18.1 Å². The van der Waals surface area contributed by atoms with E-state index in [0.29, 0.717) is 52.4 Å². The molecular formula is C23H21Cl2N5O3. The molecule has 0 saturated heterocycles. The first kappa shape index (κ1) is 21.6. The van der Waals surface area contributed by atoms with Gasteiger partial charge in [0.1, 0.15) is 5.75 Å². The molecule has 33 heavy (non-hydrogen) atoms. The largest absolute Gasteiger partial charge is 0.494 e. The van der Waals surface area contributed by atoms with Crippen LogP contribution >= 0.6 is 23.2 Å². The Hall–Kier alpha value is -3.23. The van der Waals surface area contributed by atoms with E-state index in [1.54, 1.807) is 25.2 Å². The molecule has 0 aliphatic carbocycles. The molecule has 0 atom stereocenters. The van der Waals surface area contributed by atoms with Crippen LogP contribution in [0.15, 0.2) is 52.1 Å². The smallest absolute Gasteiger partial charge is 0.332 e. The average Bonchev–Trinajstić information content (AvgIpc) is 3.37. The predicted octanol–water partition coefficient (Wildman–Crippen LogP) is 3.80. The molecule has 5 rings (SSSR count). The molecule has 1 aliphatic rings. The summed E-state index contributed by atoms with van der Waals surface area (Å²) in [7, 11) is 1.62. The standard InChI is InChI=1S/C23H21Cl2N5O3/c1-3-33-17-8-6-16(7-9-17)28-10-11-29-19-20(26-22(28)29)27(2)23(32)30(21(19)31)13-14-4-5-15(24)12-18(14)25/h4-9,12H,3,10-11,13H2,1-2H3. The summed E-state index contributed by atoms with van der Waals surface area (Å²) in [6, 6.07) is 12.7. The topological polar surface area (TPSA) is 74.3 Å². The fourth-order valence-electron chi connectivity index (χ4n) is 4.17. The third kappa shape index (κ3) is 3.59. The number of imidazole rings is 1. The number of fused-ring (bicyclic) bond motifs is 3. The van der Waals surface area contributed by atoms with Gasteiger partial charge < -0.3 is 14.2 Å². The van der Waals surface area contributed by atoms with Gasteiger partial charge in [-0.1, -0.05) is 29.3 Å². The molecule has 170 valence electrons. The van der Waals surface area contributed by atoms with Gasteiger partial charge in [0.05, 0.1) is 13.2 Å². The van der Waals surface area contributed by atoms with Gasteiger partial charge in [-0.15, -0.1) is 0 Å². The monoisotopic (exact) mass is 485 g/mol. The number of halogens is 2. The molecule has 0 radical (unpaired) electrons. The molecule has 10 heteroatoms. The summed E-state index contributed by atoms with van der Waals surface area (Å²) in [4.78, 5) is 33.2. The van der Waals surface area contributed by atoms with Gasteiger partial charge in [0, 0.05) is 35.9 Å². The summed E-state index contributed by atoms with van der Waals surface area (Å²) >= 11 is 12.3. The molecule has 0 amide bonds. The van der Waals surface area contributed by atoms with E-state index < -0.39 is 11.2 Å². The lowest BCUT2D eigenvalue weighted by molar-refractivity contribution is 0.340. The lowest BCUT2D eigenvalue weighted by Gasteiger charge is -2.16. The Morgan fingerprint density at radius 2 is 1.82 bits per heavy atom. The second-order valence-electron chi connectivity index (χ2n) is 7.78. The molecule has 0 saturated carbocycles. The van der Waals surface area contributed by atoms with Gasteiger partial charge in [-0.25, -0.2) is 4.79 Å². The lowest BCUT2D eigenvalue weighted by atomic mass is 10.2. The molecule has 2 aromatic carbocycles. The van der Waals surface area contributed by atoms with Gasteiger partial charge in [0.15, 0.2) is 11.2 Å². The maximum Gasteiger partial charge on any atom is 0.332 e. The molecule has 0 N–H and O–H groups in total. The molecule has 0 fully saturated rings. The van der Waals surface area contributed by atoms with Crippen molar-refractivity contribution in [3.05, 3.63) is 78.9 Å². The number of anilines is 2. The van der Waals surface area contributed by atoms with E-state index in [0.717, 1.165) is 11.4 Å². The first-order chi connectivity index (χ1) is 15.9. The highest BCUT2D eigenvalue weighted by Crippen LogP contribution is 2.32. The van der Waals surface area contributed by atoms with Crippen LogP contribution in [0.1, 0.15) is 12.5 Å². The SMILES string of the molecule is CCOc1ccc(N2CCn3c2nc2c3c(=O)n(Cc3ccc(Cl)cc3Cl)c(=O)n2C)cc1. The predicted molar refractivity (Wildman–Crippen MR) is 129 cm³/mol. The van der Waals surface area contributed by atoms with Crippen LogP contribution in [-0.4, -0.2) is 31.8 Å². The van der Waals surface area contributed by atoms with Crippen LogP contribution in [0.3, 0.4) is 0 Å². The molecule has 8 nitrogen and oxygen atoms in total. The highest BCUT2D eigenvalue weighted by molar-refractivity contribution is 6.35. The molecular weight excluding hydrogens is 465 g/mol. The second-order valence-corrected chi connectivity index (χ2v) is 8.63. The highest BCUT2D eigenvalue weighted by Gasteiger charge is 2.29. The Balaban J connectivity index is 1.61. The Morgan fingerprint density at radius 1 is 1.06 bits per heavy atom. The van der Waals surface area contributed by atoms with Crippen molar-refractivity contribution in [2.24, 2.45) is 7.05 Å². The van der Waals surface area contributed by atoms with Gasteiger partial charge in [-0.05, 0) is 48.9 Å². The van der Waals surface area contributed by atoms with Crippen molar-refractivity contribution in [3.8, 4) is 5.75 Å². The van der Waals surface area contributed by atoms with Crippen LogP contribution in [-0.2, 0) is 20.1 Å². The quantitative estimate of drug-likeness (QED) is 0.429. The van der Waals surface area contributed by atoms with Crippen molar-refractivity contribution in [1.82, 2.24) is 18.7 Å². The van der Waals surface area contributed by atoms with Crippen LogP contribution in [0.25, 0.3) is 11.2 Å². The van der Waals surface area contributed by atoms with Crippen molar-refractivity contribution < 1.29 is 4.74 Å². The summed E-state index contributed by atoms with van der Waals surface area (Å²) < 4.78 is 9.98. The molecule has 1 aliphatic heterocycles. The van der Waals surface area contributed by atoms with E-state index in [1.807, 2.05) is 40.7 Å². The Labute approximate surface area is 199 Å². The number of hydrogen-bond acceptors (Lipinski definition) is 5. The zero-order valence-electron chi connectivity index (χ0n) is 18.1. The number of nitrogens with zero attached hydrogens (tertiary/aromatic N) is 5. The van der Waals surface area contributed by atoms with E-state index in [9.17, 15) is 9.59 Å². The summed E-state index contributed by atoms with van der Waals surface area (Å²) in [5.41, 5.74) is 1.47. The second kappa shape index (κ2) is 8.28. The fraction of sp³-hybridized carbons (Fsp3) is 0.261. The molecule has 0 bridgehead atoms. The normalized spacial score (nSPS) is 13.0. The average molecular weight is 486 g/mol. The van der Waals surface area contributed by atoms with Crippen LogP contribution in [0.2, 0.25) is 10.0 Å². The van der Waals surface area contributed by atoms with Crippen LogP contribution in [0.4, 0.5) is 11.6 Å². The fourth-order valence-corrected chi connectivity index (χ4v) is 4.64. The third-order valence-electron chi connectivity index (χ3n) is 5.80. The zero-order valence-corrected chi connectivity index (χ0v) is 19.6. The number of aromatic nitrogens is 4. The lowest BCUT2D eigenvalue weighted by Crippen LogP contribution is -2.40. The minimum absolute atomic E-state index is 0.0422. The van der Waals surface area contributed by atoms with Crippen molar-refractivity contribution >= 4 is 46.0 Å². The van der Waals surface area contributed by atoms with Crippen LogP contribution in [0, 0.1) is 0 Å². The van der Waals surface area contributed by atoms with E-state index in [4.69, 9.17) is 27.9 Å². The minimum Gasteiger partial charge on any atom is -0.494 e. The molecule has 4 aromatic rings. The number of ether oxygens (including phenoxy) is 1. The van der Waals surface area contributed by atoms with Crippen molar-refractivity contribution in [2.45, 2.75) is 20.0 Å². The van der Waals surface area contributed by atoms with Crippen molar-refractivity contribution in [3.63, 3.8) is 0 Å². The van der Waals surface area contributed by atoms with E-state index >= 15 is 0 Å². The molecule has 0 spiro atoms. The third-order valence-corrected chi connectivity index (χ3v) is 6.39. The summed E-state index contributed by atoms with van der Waals surface area (Å²) in [5.74, 6) is 1.42. The van der Waals surface area contributed by atoms with Gasteiger partial charge in [0.25, 0.3) is 5.56 Å².